The van der Waals surface area contributed by atoms with Crippen LogP contribution in [-0.2, 0) is 0 Å². The molecule has 156 valence electrons. The lowest BCUT2D eigenvalue weighted by Crippen LogP contribution is -2.40. The molecule has 0 radical (unpaired) electrons. The van der Waals surface area contributed by atoms with Gasteiger partial charge in [0.1, 0.15) is 0 Å². The quantitative estimate of drug-likeness (QED) is 0.417. The van der Waals surface area contributed by atoms with E-state index >= 15 is 0 Å². The molecule has 0 heteroatoms. The molecule has 2 aliphatic rings. The Morgan fingerprint density at radius 3 is 2.45 bits per heavy atom. The van der Waals surface area contributed by atoms with Crippen molar-refractivity contribution in [2.24, 2.45) is 23.7 Å². The number of allylic oxidation sites excluding steroid dienone is 2. The fourth-order valence-corrected chi connectivity index (χ4v) is 6.39. The molecule has 0 saturated heterocycles. The van der Waals surface area contributed by atoms with Gasteiger partial charge in [-0.25, -0.2) is 0 Å². The summed E-state index contributed by atoms with van der Waals surface area (Å²) in [4.78, 5) is 0. The van der Waals surface area contributed by atoms with Crippen LogP contribution in [-0.4, -0.2) is 0 Å². The van der Waals surface area contributed by atoms with Crippen LogP contribution in [0.2, 0.25) is 0 Å². The summed E-state index contributed by atoms with van der Waals surface area (Å²) >= 11 is 0. The molecule has 5 rings (SSSR count). The van der Waals surface area contributed by atoms with Crippen molar-refractivity contribution in [3.05, 3.63) is 101 Å². The molecule has 0 bridgehead atoms. The summed E-state index contributed by atoms with van der Waals surface area (Å²) in [5.74, 6) is 2.56. The van der Waals surface area contributed by atoms with E-state index in [9.17, 15) is 0 Å². The summed E-state index contributed by atoms with van der Waals surface area (Å²) in [5, 5.41) is 5.00. The normalized spacial score (nSPS) is 28.5. The van der Waals surface area contributed by atoms with E-state index in [0.717, 1.165) is 11.6 Å². The van der Waals surface area contributed by atoms with Crippen molar-refractivity contribution in [1.29, 1.82) is 0 Å². The molecule has 5 atom stereocenters. The SMILES string of the molecule is C=C1c2ccccc2C(C)C2C(=C)C(C)CC(CC=c3c(=C)ccc4ccccc34)C12. The molecule has 0 aliphatic heterocycles. The molecule has 0 aromatic heterocycles. The highest BCUT2D eigenvalue weighted by atomic mass is 14.5. The second-order valence-corrected chi connectivity index (χ2v) is 9.72. The first-order chi connectivity index (χ1) is 15.0. The van der Waals surface area contributed by atoms with E-state index in [4.69, 9.17) is 0 Å². The summed E-state index contributed by atoms with van der Waals surface area (Å²) in [6.07, 6.45) is 4.69. The van der Waals surface area contributed by atoms with Gasteiger partial charge in [-0.05, 0) is 80.3 Å². The lowest BCUT2D eigenvalue weighted by Gasteiger charge is -2.50. The third kappa shape index (κ3) is 3.21. The highest BCUT2D eigenvalue weighted by Crippen LogP contribution is 2.57. The molecule has 0 amide bonds. The zero-order valence-corrected chi connectivity index (χ0v) is 18.8. The van der Waals surface area contributed by atoms with Crippen molar-refractivity contribution in [3.8, 4) is 0 Å². The first-order valence-electron chi connectivity index (χ1n) is 11.6. The number of rotatable bonds is 2. The topological polar surface area (TPSA) is 0 Å². The van der Waals surface area contributed by atoms with Gasteiger partial charge in [-0.15, -0.1) is 0 Å². The van der Waals surface area contributed by atoms with Crippen LogP contribution in [0.5, 0.6) is 0 Å². The Kier molecular flexibility index (Phi) is 4.97. The van der Waals surface area contributed by atoms with Crippen LogP contribution >= 0.6 is 0 Å². The van der Waals surface area contributed by atoms with Crippen molar-refractivity contribution < 1.29 is 0 Å². The Hall–Kier alpha value is -2.86. The van der Waals surface area contributed by atoms with Crippen molar-refractivity contribution >= 4 is 29.0 Å². The largest absolute Gasteiger partial charge is 0.0993 e. The minimum atomic E-state index is 0.466. The van der Waals surface area contributed by atoms with E-state index in [1.54, 1.807) is 0 Å². The Bertz CT molecular complexity index is 1290. The molecule has 0 heterocycles. The lowest BCUT2D eigenvalue weighted by atomic mass is 9.54. The van der Waals surface area contributed by atoms with Crippen LogP contribution in [0.3, 0.4) is 0 Å². The maximum Gasteiger partial charge on any atom is -0.00589 e. The number of hydrogen-bond acceptors (Lipinski definition) is 0. The monoisotopic (exact) mass is 404 g/mol. The van der Waals surface area contributed by atoms with Gasteiger partial charge in [-0.1, -0.05) is 106 Å². The van der Waals surface area contributed by atoms with Crippen molar-refractivity contribution in [2.45, 2.75) is 32.6 Å². The van der Waals surface area contributed by atoms with Gasteiger partial charge >= 0.3 is 0 Å². The molecule has 2 aliphatic carbocycles. The highest BCUT2D eigenvalue weighted by Gasteiger charge is 2.45. The molecule has 0 spiro atoms. The summed E-state index contributed by atoms with van der Waals surface area (Å²) in [5.41, 5.74) is 5.55. The van der Waals surface area contributed by atoms with E-state index < -0.39 is 0 Å². The third-order valence-corrected chi connectivity index (χ3v) is 8.04. The van der Waals surface area contributed by atoms with Gasteiger partial charge in [-0.3, -0.25) is 0 Å². The second-order valence-electron chi connectivity index (χ2n) is 9.72. The van der Waals surface area contributed by atoms with E-state index in [1.807, 2.05) is 0 Å². The average molecular weight is 405 g/mol. The zero-order chi connectivity index (χ0) is 21.7. The molecule has 5 unspecified atom stereocenters. The summed E-state index contributed by atoms with van der Waals surface area (Å²) in [6.45, 7) is 18.3. The molecule has 3 aromatic carbocycles. The van der Waals surface area contributed by atoms with E-state index in [0.29, 0.717) is 29.6 Å². The first kappa shape index (κ1) is 20.1. The lowest BCUT2D eigenvalue weighted by molar-refractivity contribution is 0.198. The molecular weight excluding hydrogens is 372 g/mol. The molecular formula is C31H32. The Morgan fingerprint density at radius 1 is 0.871 bits per heavy atom. The van der Waals surface area contributed by atoms with Crippen LogP contribution in [0.15, 0.2) is 79.4 Å². The fourth-order valence-electron chi connectivity index (χ4n) is 6.39. The molecule has 0 nitrogen and oxygen atoms in total. The molecule has 1 saturated carbocycles. The Balaban J connectivity index is 1.59. The minimum absolute atomic E-state index is 0.466. The van der Waals surface area contributed by atoms with Crippen molar-refractivity contribution in [1.82, 2.24) is 0 Å². The molecule has 1 fully saturated rings. The van der Waals surface area contributed by atoms with Gasteiger partial charge in [0, 0.05) is 0 Å². The average Bonchev–Trinajstić information content (AvgIpc) is 2.78. The van der Waals surface area contributed by atoms with Crippen molar-refractivity contribution in [3.63, 3.8) is 0 Å². The van der Waals surface area contributed by atoms with Crippen molar-refractivity contribution in [2.75, 3.05) is 0 Å². The smallest absolute Gasteiger partial charge is 0.00589 e. The summed E-state index contributed by atoms with van der Waals surface area (Å²) in [6, 6.07) is 21.9. The van der Waals surface area contributed by atoms with Gasteiger partial charge in [0.05, 0.1) is 0 Å². The van der Waals surface area contributed by atoms with Crippen LogP contribution < -0.4 is 10.4 Å². The van der Waals surface area contributed by atoms with E-state index in [1.165, 1.54) is 44.7 Å². The Labute approximate surface area is 186 Å². The predicted molar refractivity (Wildman–Crippen MR) is 135 cm³/mol. The maximum absolute atomic E-state index is 4.64. The Morgan fingerprint density at radius 2 is 1.61 bits per heavy atom. The van der Waals surface area contributed by atoms with Crippen LogP contribution in [0.4, 0.5) is 0 Å². The van der Waals surface area contributed by atoms with Gasteiger partial charge in [0.2, 0.25) is 0 Å². The number of benzene rings is 3. The van der Waals surface area contributed by atoms with Crippen LogP contribution in [0.25, 0.3) is 29.0 Å². The maximum atomic E-state index is 4.64. The first-order valence-corrected chi connectivity index (χ1v) is 11.6. The van der Waals surface area contributed by atoms with Gasteiger partial charge in [0.15, 0.2) is 0 Å². The molecule has 3 aromatic rings. The predicted octanol–water partition coefficient (Wildman–Crippen LogP) is 6.70. The molecule has 31 heavy (non-hydrogen) atoms. The minimum Gasteiger partial charge on any atom is -0.0993 e. The van der Waals surface area contributed by atoms with Gasteiger partial charge < -0.3 is 0 Å². The summed E-state index contributed by atoms with van der Waals surface area (Å²) in [7, 11) is 0. The number of fused-ring (bicyclic) bond motifs is 3. The standard InChI is InChI=1S/C31H32/c1-19-14-15-24-10-6-7-13-29(24)26(19)17-16-25-18-20(2)21(3)30-22(4)27-11-8-9-12-28(27)23(5)31(25)30/h6-15,17,20,22,25,30-31H,1,3,5,16,18H2,2,4H3. The fraction of sp³-hybridized carbons (Fsp3) is 0.290. The molecule has 0 N–H and O–H groups in total. The zero-order valence-electron chi connectivity index (χ0n) is 18.8. The van der Waals surface area contributed by atoms with E-state index in [-0.39, 0.29) is 0 Å². The highest BCUT2D eigenvalue weighted by molar-refractivity contribution is 5.83. The third-order valence-electron chi connectivity index (χ3n) is 8.04. The van der Waals surface area contributed by atoms with Crippen LogP contribution in [0.1, 0.15) is 43.7 Å². The summed E-state index contributed by atoms with van der Waals surface area (Å²) < 4.78 is 0. The van der Waals surface area contributed by atoms with Gasteiger partial charge in [0.25, 0.3) is 0 Å². The number of hydrogen-bond donors (Lipinski definition) is 0. The van der Waals surface area contributed by atoms with Gasteiger partial charge in [-0.2, -0.15) is 0 Å². The van der Waals surface area contributed by atoms with Crippen LogP contribution in [0, 0.1) is 23.7 Å². The second kappa shape index (κ2) is 7.68. The van der Waals surface area contributed by atoms with E-state index in [2.05, 4.69) is 100 Å².